The number of hydrogen-bond donors (Lipinski definition) is 1. The number of amides is 2. The molecule has 1 saturated heterocycles. The molecule has 0 bridgehead atoms. The van der Waals surface area contributed by atoms with Crippen molar-refractivity contribution in [2.45, 2.75) is 12.8 Å². The molecule has 7 nitrogen and oxygen atoms in total. The van der Waals surface area contributed by atoms with Crippen LogP contribution in [0.2, 0.25) is 0 Å². The Hall–Kier alpha value is -2.44. The van der Waals surface area contributed by atoms with E-state index in [-0.39, 0.29) is 17.9 Å². The van der Waals surface area contributed by atoms with Gasteiger partial charge < -0.3 is 24.4 Å². The monoisotopic (exact) mass is 322 g/mol. The number of nitrogens with one attached hydrogen (secondary N) is 1. The van der Waals surface area contributed by atoms with Crippen molar-refractivity contribution in [1.82, 2.24) is 4.90 Å². The maximum Gasteiger partial charge on any atom is 0.321 e. The Bertz CT molecular complexity index is 576. The van der Waals surface area contributed by atoms with Gasteiger partial charge in [-0.25, -0.2) is 4.79 Å². The van der Waals surface area contributed by atoms with Gasteiger partial charge in [-0.15, -0.1) is 0 Å². The van der Waals surface area contributed by atoms with Crippen molar-refractivity contribution in [2.24, 2.45) is 5.92 Å². The molecule has 0 unspecified atom stereocenters. The number of rotatable bonds is 5. The van der Waals surface area contributed by atoms with Crippen LogP contribution in [0.5, 0.6) is 11.5 Å². The molecular weight excluding hydrogens is 300 g/mol. The van der Waals surface area contributed by atoms with Crippen molar-refractivity contribution >= 4 is 17.7 Å². The van der Waals surface area contributed by atoms with Crippen LogP contribution in [0.1, 0.15) is 12.8 Å². The van der Waals surface area contributed by atoms with Crippen LogP contribution in [-0.4, -0.2) is 51.3 Å². The molecule has 1 aromatic rings. The van der Waals surface area contributed by atoms with Gasteiger partial charge in [0.05, 0.1) is 33.4 Å². The number of carbonyl (C=O) groups is 2. The lowest BCUT2D eigenvalue weighted by Gasteiger charge is -2.19. The summed E-state index contributed by atoms with van der Waals surface area (Å²) >= 11 is 0. The molecule has 2 amide bonds. The summed E-state index contributed by atoms with van der Waals surface area (Å²) in [6.45, 7) is 1.15. The van der Waals surface area contributed by atoms with Crippen molar-refractivity contribution in [2.75, 3.05) is 39.7 Å². The molecule has 1 aliphatic rings. The topological polar surface area (TPSA) is 77.1 Å². The van der Waals surface area contributed by atoms with Crippen LogP contribution < -0.4 is 14.8 Å². The summed E-state index contributed by atoms with van der Waals surface area (Å²) in [6, 6.07) is 4.98. The molecule has 2 rings (SSSR count). The number of likely N-dealkylation sites (tertiary alicyclic amines) is 1. The normalized spacial score (nSPS) is 16.8. The van der Waals surface area contributed by atoms with E-state index in [9.17, 15) is 9.59 Å². The first kappa shape index (κ1) is 16.9. The molecule has 1 N–H and O–H groups in total. The van der Waals surface area contributed by atoms with Crippen LogP contribution in [0, 0.1) is 5.92 Å². The van der Waals surface area contributed by atoms with Crippen LogP contribution in [0.3, 0.4) is 0 Å². The van der Waals surface area contributed by atoms with E-state index in [4.69, 9.17) is 9.47 Å². The highest BCUT2D eigenvalue weighted by Crippen LogP contribution is 2.30. The van der Waals surface area contributed by atoms with E-state index in [1.165, 1.54) is 7.11 Å². The summed E-state index contributed by atoms with van der Waals surface area (Å²) in [6.07, 6.45) is 1.13. The van der Waals surface area contributed by atoms with E-state index in [1.807, 2.05) is 0 Å². The van der Waals surface area contributed by atoms with E-state index >= 15 is 0 Å². The lowest BCUT2D eigenvalue weighted by Crippen LogP contribution is -2.33. The van der Waals surface area contributed by atoms with Gasteiger partial charge in [0, 0.05) is 19.2 Å². The highest BCUT2D eigenvalue weighted by molar-refractivity contribution is 5.91. The molecular formula is C16H22N2O5. The summed E-state index contributed by atoms with van der Waals surface area (Å²) in [5, 5.41) is 2.83. The van der Waals surface area contributed by atoms with Gasteiger partial charge in [0.25, 0.3) is 0 Å². The predicted molar refractivity (Wildman–Crippen MR) is 84.9 cm³/mol. The number of nitrogens with zero attached hydrogens (tertiary/aromatic N) is 1. The summed E-state index contributed by atoms with van der Waals surface area (Å²) < 4.78 is 15.1. The number of esters is 1. The highest BCUT2D eigenvalue weighted by atomic mass is 16.5. The average molecular weight is 322 g/mol. The quantitative estimate of drug-likeness (QED) is 0.840. The zero-order valence-corrected chi connectivity index (χ0v) is 13.6. The second kappa shape index (κ2) is 7.71. The molecule has 0 saturated carbocycles. The van der Waals surface area contributed by atoms with Crippen LogP contribution in [0.25, 0.3) is 0 Å². The Morgan fingerprint density at radius 2 is 2.04 bits per heavy atom. The molecule has 1 fully saturated rings. The van der Waals surface area contributed by atoms with Gasteiger partial charge in [-0.05, 0) is 24.5 Å². The van der Waals surface area contributed by atoms with Gasteiger partial charge in [-0.1, -0.05) is 0 Å². The summed E-state index contributed by atoms with van der Waals surface area (Å²) in [4.78, 5) is 25.4. The zero-order valence-electron chi connectivity index (χ0n) is 13.6. The number of benzene rings is 1. The van der Waals surface area contributed by atoms with Crippen LogP contribution in [-0.2, 0) is 9.53 Å². The zero-order chi connectivity index (χ0) is 16.8. The third kappa shape index (κ3) is 4.28. The average Bonchev–Trinajstić information content (AvgIpc) is 3.03. The third-order valence-corrected chi connectivity index (χ3v) is 3.90. The van der Waals surface area contributed by atoms with Gasteiger partial charge in [0.2, 0.25) is 0 Å². The van der Waals surface area contributed by atoms with Gasteiger partial charge in [0.1, 0.15) is 11.5 Å². The molecule has 0 radical (unpaired) electrons. The fourth-order valence-corrected chi connectivity index (χ4v) is 2.61. The molecule has 0 aliphatic carbocycles. The number of carbonyl (C=O) groups excluding carboxylic acids is 2. The highest BCUT2D eigenvalue weighted by Gasteiger charge is 2.28. The minimum Gasteiger partial charge on any atom is -0.497 e. The second-order valence-corrected chi connectivity index (χ2v) is 5.38. The van der Waals surface area contributed by atoms with Gasteiger partial charge in [-0.2, -0.15) is 0 Å². The summed E-state index contributed by atoms with van der Waals surface area (Å²) in [7, 11) is 4.47. The van der Waals surface area contributed by atoms with Crippen LogP contribution >= 0.6 is 0 Å². The minimum absolute atomic E-state index is 0.139. The van der Waals surface area contributed by atoms with Crippen molar-refractivity contribution < 1.29 is 23.8 Å². The number of urea groups is 1. The lowest BCUT2D eigenvalue weighted by molar-refractivity contribution is -0.141. The molecule has 1 atom stereocenters. The number of anilines is 1. The molecule has 126 valence electrons. The van der Waals surface area contributed by atoms with Crippen LogP contribution in [0.15, 0.2) is 18.2 Å². The maximum atomic E-state index is 12.4. The number of ether oxygens (including phenoxy) is 3. The predicted octanol–water partition coefficient (Wildman–Crippen LogP) is 2.12. The first-order chi connectivity index (χ1) is 11.1. The smallest absolute Gasteiger partial charge is 0.321 e. The van der Waals surface area contributed by atoms with E-state index in [1.54, 1.807) is 37.3 Å². The van der Waals surface area contributed by atoms with Crippen molar-refractivity contribution in [3.63, 3.8) is 0 Å². The van der Waals surface area contributed by atoms with Gasteiger partial charge >= 0.3 is 12.0 Å². The molecule has 1 aliphatic heterocycles. The van der Waals surface area contributed by atoms with E-state index in [0.717, 1.165) is 6.42 Å². The summed E-state index contributed by atoms with van der Waals surface area (Å²) in [5.41, 5.74) is 0.549. The fourth-order valence-electron chi connectivity index (χ4n) is 2.61. The second-order valence-electron chi connectivity index (χ2n) is 5.38. The molecule has 0 aromatic heterocycles. The SMILES string of the molecule is COC(=O)C[C@H]1CCN(C(=O)Nc2cc(OC)ccc2OC)C1. The first-order valence-corrected chi connectivity index (χ1v) is 7.42. The molecule has 0 spiro atoms. The van der Waals surface area contributed by atoms with E-state index in [2.05, 4.69) is 10.1 Å². The number of methoxy groups -OCH3 is 3. The Morgan fingerprint density at radius 3 is 2.70 bits per heavy atom. The van der Waals surface area contributed by atoms with E-state index in [0.29, 0.717) is 36.7 Å². The van der Waals surface area contributed by atoms with Gasteiger partial charge in [0.15, 0.2) is 0 Å². The summed E-state index contributed by atoms with van der Waals surface area (Å²) in [5.74, 6) is 1.09. The molecule has 23 heavy (non-hydrogen) atoms. The molecule has 1 heterocycles. The lowest BCUT2D eigenvalue weighted by atomic mass is 10.1. The largest absolute Gasteiger partial charge is 0.497 e. The molecule has 1 aromatic carbocycles. The van der Waals surface area contributed by atoms with Crippen LogP contribution in [0.4, 0.5) is 10.5 Å². The fraction of sp³-hybridized carbons (Fsp3) is 0.500. The third-order valence-electron chi connectivity index (χ3n) is 3.90. The number of hydrogen-bond acceptors (Lipinski definition) is 5. The maximum absolute atomic E-state index is 12.4. The van der Waals surface area contributed by atoms with Crippen molar-refractivity contribution in [3.8, 4) is 11.5 Å². The standard InChI is InChI=1S/C16H22N2O5/c1-21-12-4-5-14(22-2)13(9-12)17-16(20)18-7-6-11(10-18)8-15(19)23-3/h4-5,9,11H,6-8,10H2,1-3H3,(H,17,20)/t11-/m1/s1. The Labute approximate surface area is 135 Å². The first-order valence-electron chi connectivity index (χ1n) is 7.42. The van der Waals surface area contributed by atoms with Crippen molar-refractivity contribution in [1.29, 1.82) is 0 Å². The minimum atomic E-state index is -0.244. The Kier molecular flexibility index (Phi) is 5.67. The Balaban J connectivity index is 1.98. The molecule has 7 heteroatoms. The Morgan fingerprint density at radius 1 is 1.26 bits per heavy atom. The van der Waals surface area contributed by atoms with Crippen molar-refractivity contribution in [3.05, 3.63) is 18.2 Å². The van der Waals surface area contributed by atoms with Gasteiger partial charge in [-0.3, -0.25) is 4.79 Å². The van der Waals surface area contributed by atoms with E-state index < -0.39 is 0 Å².